The van der Waals surface area contributed by atoms with E-state index in [1.807, 2.05) is 49.4 Å². The summed E-state index contributed by atoms with van der Waals surface area (Å²) >= 11 is 1.40. The highest BCUT2D eigenvalue weighted by Crippen LogP contribution is 2.34. The van der Waals surface area contributed by atoms with Crippen molar-refractivity contribution < 1.29 is 14.3 Å². The Bertz CT molecular complexity index is 1280. The Balaban J connectivity index is 1.38. The number of carbonyl (C=O) groups is 1. The smallest absolute Gasteiger partial charge is 0.234 e. The molecule has 0 bridgehead atoms. The first-order chi connectivity index (χ1) is 15.2. The van der Waals surface area contributed by atoms with Crippen molar-refractivity contribution in [2.45, 2.75) is 11.9 Å². The second-order valence-electron chi connectivity index (χ2n) is 7.14. The highest BCUT2D eigenvalue weighted by molar-refractivity contribution is 8.00. The van der Waals surface area contributed by atoms with E-state index < -0.39 is 0 Å². The number of thioether (sulfide) groups is 1. The highest BCUT2D eigenvalue weighted by Gasteiger charge is 2.15. The van der Waals surface area contributed by atoms with Gasteiger partial charge in [0.25, 0.3) is 0 Å². The standard InChI is InChI=1S/C24H19N3O3S/c1-15-7-9-19-18(11-15)24(27-23(26-19)16-5-3-2-4-6-16)31-13-22(28)25-17-8-10-20-21(12-17)30-14-29-20/h2-12H,13-14H2,1H3,(H,25,28). The first kappa shape index (κ1) is 19.4. The van der Waals surface area contributed by atoms with E-state index in [4.69, 9.17) is 19.4 Å². The zero-order chi connectivity index (χ0) is 21.2. The molecule has 0 fully saturated rings. The molecule has 6 nitrogen and oxygen atoms in total. The predicted octanol–water partition coefficient (Wildman–Crippen LogP) is 5.06. The number of anilines is 1. The molecular weight excluding hydrogens is 410 g/mol. The van der Waals surface area contributed by atoms with Crippen molar-refractivity contribution in [3.05, 3.63) is 72.3 Å². The second-order valence-corrected chi connectivity index (χ2v) is 8.11. The van der Waals surface area contributed by atoms with E-state index in [2.05, 4.69) is 11.4 Å². The van der Waals surface area contributed by atoms with Crippen LogP contribution in [0.25, 0.3) is 22.3 Å². The number of ether oxygens (including phenoxy) is 2. The van der Waals surface area contributed by atoms with Gasteiger partial charge in [-0.25, -0.2) is 9.97 Å². The van der Waals surface area contributed by atoms with Gasteiger partial charge in [-0.15, -0.1) is 0 Å². The summed E-state index contributed by atoms with van der Waals surface area (Å²) in [4.78, 5) is 22.1. The zero-order valence-electron chi connectivity index (χ0n) is 16.8. The molecule has 0 atom stereocenters. The molecule has 5 rings (SSSR count). The van der Waals surface area contributed by atoms with E-state index in [0.29, 0.717) is 23.0 Å². The summed E-state index contributed by atoms with van der Waals surface area (Å²) in [5, 5.41) is 4.64. The van der Waals surface area contributed by atoms with E-state index in [1.165, 1.54) is 11.8 Å². The van der Waals surface area contributed by atoms with Crippen molar-refractivity contribution in [3.63, 3.8) is 0 Å². The van der Waals surface area contributed by atoms with Gasteiger partial charge in [0.2, 0.25) is 12.7 Å². The monoisotopic (exact) mass is 429 g/mol. The summed E-state index contributed by atoms with van der Waals surface area (Å²) in [6.07, 6.45) is 0. The first-order valence-corrected chi connectivity index (χ1v) is 10.8. The Morgan fingerprint density at radius 1 is 1.00 bits per heavy atom. The van der Waals surface area contributed by atoms with Gasteiger partial charge in [0.15, 0.2) is 17.3 Å². The first-order valence-electron chi connectivity index (χ1n) is 9.82. The summed E-state index contributed by atoms with van der Waals surface area (Å²) in [7, 11) is 0. The molecule has 4 aromatic rings. The molecule has 3 aromatic carbocycles. The molecule has 0 aliphatic carbocycles. The molecule has 31 heavy (non-hydrogen) atoms. The average Bonchev–Trinajstić information content (AvgIpc) is 3.26. The van der Waals surface area contributed by atoms with Gasteiger partial charge in [-0.1, -0.05) is 53.7 Å². The second kappa shape index (κ2) is 8.28. The largest absolute Gasteiger partial charge is 0.454 e. The predicted molar refractivity (Wildman–Crippen MR) is 122 cm³/mol. The van der Waals surface area contributed by atoms with Crippen LogP contribution in [0, 0.1) is 6.92 Å². The van der Waals surface area contributed by atoms with Crippen LogP contribution < -0.4 is 14.8 Å². The molecule has 154 valence electrons. The number of carbonyl (C=O) groups excluding carboxylic acids is 1. The molecule has 0 unspecified atom stereocenters. The maximum atomic E-state index is 12.6. The fraction of sp³-hybridized carbons (Fsp3) is 0.125. The number of hydrogen-bond acceptors (Lipinski definition) is 6. The van der Waals surface area contributed by atoms with Crippen molar-refractivity contribution in [1.82, 2.24) is 9.97 Å². The van der Waals surface area contributed by atoms with E-state index >= 15 is 0 Å². The molecule has 1 N–H and O–H groups in total. The van der Waals surface area contributed by atoms with Crippen LogP contribution in [-0.4, -0.2) is 28.4 Å². The van der Waals surface area contributed by atoms with Crippen molar-refractivity contribution in [2.24, 2.45) is 0 Å². The Hall–Kier alpha value is -3.58. The normalized spacial score (nSPS) is 12.2. The van der Waals surface area contributed by atoms with Gasteiger partial charge < -0.3 is 14.8 Å². The summed E-state index contributed by atoms with van der Waals surface area (Å²) < 4.78 is 10.7. The molecule has 1 aromatic heterocycles. The number of aryl methyl sites for hydroxylation is 1. The zero-order valence-corrected chi connectivity index (χ0v) is 17.6. The van der Waals surface area contributed by atoms with Gasteiger partial charge >= 0.3 is 0 Å². The minimum absolute atomic E-state index is 0.121. The van der Waals surface area contributed by atoms with Gasteiger partial charge in [-0.05, 0) is 31.2 Å². The van der Waals surface area contributed by atoms with Crippen LogP contribution in [0.2, 0.25) is 0 Å². The number of hydrogen-bond donors (Lipinski definition) is 1. The molecule has 0 saturated carbocycles. The van der Waals surface area contributed by atoms with Crippen LogP contribution in [0.15, 0.2) is 71.8 Å². The molecule has 7 heteroatoms. The molecule has 1 amide bonds. The minimum Gasteiger partial charge on any atom is -0.454 e. The lowest BCUT2D eigenvalue weighted by atomic mass is 10.1. The molecule has 0 saturated heterocycles. The fourth-order valence-corrected chi connectivity index (χ4v) is 4.16. The van der Waals surface area contributed by atoms with Crippen LogP contribution in [0.3, 0.4) is 0 Å². The lowest BCUT2D eigenvalue weighted by Crippen LogP contribution is -2.14. The number of fused-ring (bicyclic) bond motifs is 2. The molecule has 1 aliphatic heterocycles. The van der Waals surface area contributed by atoms with Gasteiger partial charge in [0.1, 0.15) is 5.03 Å². The maximum absolute atomic E-state index is 12.6. The van der Waals surface area contributed by atoms with Crippen molar-refractivity contribution in [2.75, 3.05) is 17.9 Å². The van der Waals surface area contributed by atoms with Gasteiger partial charge in [0.05, 0.1) is 11.3 Å². The molecular formula is C24H19N3O3S. The van der Waals surface area contributed by atoms with Crippen LogP contribution >= 0.6 is 11.8 Å². The summed E-state index contributed by atoms with van der Waals surface area (Å²) in [6.45, 7) is 2.23. The SMILES string of the molecule is Cc1ccc2nc(-c3ccccc3)nc(SCC(=O)Nc3ccc4c(c3)OCO4)c2c1. The quantitative estimate of drug-likeness (QED) is 0.353. The van der Waals surface area contributed by atoms with Crippen molar-refractivity contribution in [1.29, 1.82) is 0 Å². The Labute approximate surface area is 183 Å². The van der Waals surface area contributed by atoms with Gasteiger partial charge in [-0.2, -0.15) is 0 Å². The summed E-state index contributed by atoms with van der Waals surface area (Å²) in [5.74, 6) is 2.07. The fourth-order valence-electron chi connectivity index (χ4n) is 3.35. The minimum atomic E-state index is -0.121. The lowest BCUT2D eigenvalue weighted by molar-refractivity contribution is -0.113. The number of nitrogens with zero attached hydrogens (tertiary/aromatic N) is 2. The van der Waals surface area contributed by atoms with Crippen molar-refractivity contribution >= 4 is 34.3 Å². The number of amides is 1. The van der Waals surface area contributed by atoms with Crippen LogP contribution in [0.1, 0.15) is 5.56 Å². The topological polar surface area (TPSA) is 73.3 Å². The van der Waals surface area contributed by atoms with Gasteiger partial charge in [-0.3, -0.25) is 4.79 Å². The van der Waals surface area contributed by atoms with Crippen molar-refractivity contribution in [3.8, 4) is 22.9 Å². The molecule has 0 spiro atoms. The summed E-state index contributed by atoms with van der Waals surface area (Å²) in [6, 6.07) is 21.3. The summed E-state index contributed by atoms with van der Waals surface area (Å²) in [5.41, 5.74) is 3.59. The van der Waals surface area contributed by atoms with Crippen LogP contribution in [0.4, 0.5) is 5.69 Å². The van der Waals surface area contributed by atoms with E-state index in [1.54, 1.807) is 18.2 Å². The number of nitrogens with one attached hydrogen (secondary N) is 1. The number of benzene rings is 3. The van der Waals surface area contributed by atoms with Crippen LogP contribution in [0.5, 0.6) is 11.5 Å². The average molecular weight is 430 g/mol. The number of aromatic nitrogens is 2. The maximum Gasteiger partial charge on any atom is 0.234 e. The Morgan fingerprint density at radius 2 is 1.84 bits per heavy atom. The highest BCUT2D eigenvalue weighted by atomic mass is 32.2. The van der Waals surface area contributed by atoms with E-state index in [0.717, 1.165) is 27.1 Å². The third-order valence-corrected chi connectivity index (χ3v) is 5.84. The Morgan fingerprint density at radius 3 is 2.71 bits per heavy atom. The Kier molecular flexibility index (Phi) is 5.18. The number of rotatable bonds is 5. The van der Waals surface area contributed by atoms with Crippen LogP contribution in [-0.2, 0) is 4.79 Å². The lowest BCUT2D eigenvalue weighted by Gasteiger charge is -2.10. The molecule has 2 heterocycles. The molecule has 0 radical (unpaired) electrons. The third-order valence-electron chi connectivity index (χ3n) is 4.84. The van der Waals surface area contributed by atoms with Gasteiger partial charge in [0, 0.05) is 22.7 Å². The molecule has 1 aliphatic rings. The van der Waals surface area contributed by atoms with E-state index in [9.17, 15) is 4.79 Å². The third kappa shape index (κ3) is 4.18. The van der Waals surface area contributed by atoms with E-state index in [-0.39, 0.29) is 18.5 Å².